The standard InChI is InChI=1S/C19H13ClFN3O2S/c1-9-5-3-8-13-16(9)22-19(27-13)23-18(25)14-10(2)26-24-17(14)15-11(20)6-4-7-12(15)21/h3-8H,1-2H3,(H,22,23,25). The molecule has 4 aromatic rings. The largest absolute Gasteiger partial charge is 0.360 e. The van der Waals surface area contributed by atoms with Gasteiger partial charge < -0.3 is 4.52 Å². The Labute approximate surface area is 162 Å². The number of anilines is 1. The number of aryl methyl sites for hydroxylation is 2. The van der Waals surface area contributed by atoms with Crippen LogP contribution in [0.25, 0.3) is 21.5 Å². The number of amides is 1. The fraction of sp³-hybridized carbons (Fsp3) is 0.105. The number of benzene rings is 2. The number of aromatic nitrogens is 2. The molecule has 0 spiro atoms. The SMILES string of the molecule is Cc1onc(-c2c(F)cccc2Cl)c1C(=O)Nc1nc2c(C)cccc2s1. The van der Waals surface area contributed by atoms with E-state index in [0.717, 1.165) is 15.8 Å². The lowest BCUT2D eigenvalue weighted by atomic mass is 10.1. The molecule has 2 aromatic heterocycles. The second kappa shape index (κ2) is 6.75. The first kappa shape index (κ1) is 17.6. The van der Waals surface area contributed by atoms with Crippen molar-refractivity contribution in [3.63, 3.8) is 0 Å². The predicted octanol–water partition coefficient (Wildman–Crippen LogP) is 5.61. The van der Waals surface area contributed by atoms with Crippen molar-refractivity contribution in [3.8, 4) is 11.3 Å². The van der Waals surface area contributed by atoms with Crippen LogP contribution in [0.3, 0.4) is 0 Å². The summed E-state index contributed by atoms with van der Waals surface area (Å²) < 4.78 is 20.4. The van der Waals surface area contributed by atoms with Gasteiger partial charge in [-0.05, 0) is 37.6 Å². The van der Waals surface area contributed by atoms with E-state index >= 15 is 0 Å². The first-order valence-corrected chi connectivity index (χ1v) is 9.23. The maximum Gasteiger partial charge on any atom is 0.263 e. The lowest BCUT2D eigenvalue weighted by Gasteiger charge is -2.05. The predicted molar refractivity (Wildman–Crippen MR) is 104 cm³/mol. The molecule has 8 heteroatoms. The van der Waals surface area contributed by atoms with Crippen LogP contribution < -0.4 is 5.32 Å². The van der Waals surface area contributed by atoms with Gasteiger partial charge in [0.2, 0.25) is 0 Å². The van der Waals surface area contributed by atoms with Crippen LogP contribution in [0.4, 0.5) is 9.52 Å². The minimum atomic E-state index is -0.583. The van der Waals surface area contributed by atoms with Crippen LogP contribution >= 0.6 is 22.9 Å². The summed E-state index contributed by atoms with van der Waals surface area (Å²) in [6, 6.07) is 10.1. The van der Waals surface area contributed by atoms with Gasteiger partial charge in [0.1, 0.15) is 22.8 Å². The molecule has 136 valence electrons. The summed E-state index contributed by atoms with van der Waals surface area (Å²) in [7, 11) is 0. The van der Waals surface area contributed by atoms with E-state index < -0.39 is 11.7 Å². The van der Waals surface area contributed by atoms with E-state index in [1.54, 1.807) is 6.92 Å². The number of nitrogens with one attached hydrogen (secondary N) is 1. The Morgan fingerprint density at radius 3 is 2.74 bits per heavy atom. The number of hydrogen-bond acceptors (Lipinski definition) is 5. The summed E-state index contributed by atoms with van der Waals surface area (Å²) >= 11 is 7.47. The second-order valence-electron chi connectivity index (χ2n) is 5.95. The zero-order chi connectivity index (χ0) is 19.1. The van der Waals surface area contributed by atoms with Crippen molar-refractivity contribution in [3.05, 3.63) is 64.1 Å². The van der Waals surface area contributed by atoms with Gasteiger partial charge in [-0.15, -0.1) is 0 Å². The minimum Gasteiger partial charge on any atom is -0.360 e. The number of para-hydroxylation sites is 1. The molecule has 0 aliphatic rings. The first-order chi connectivity index (χ1) is 13.0. The highest BCUT2D eigenvalue weighted by Crippen LogP contribution is 2.34. The number of carbonyl (C=O) groups is 1. The number of halogens is 2. The number of thiazole rings is 1. The van der Waals surface area contributed by atoms with Crippen LogP contribution in [0.15, 0.2) is 40.9 Å². The van der Waals surface area contributed by atoms with Crippen molar-refractivity contribution in [1.29, 1.82) is 0 Å². The van der Waals surface area contributed by atoms with Gasteiger partial charge in [0.25, 0.3) is 5.91 Å². The Hall–Kier alpha value is -2.77. The van der Waals surface area contributed by atoms with Gasteiger partial charge in [0, 0.05) is 0 Å². The third-order valence-electron chi connectivity index (χ3n) is 4.13. The molecule has 0 atom stereocenters. The Bertz CT molecular complexity index is 1160. The highest BCUT2D eigenvalue weighted by Gasteiger charge is 2.26. The van der Waals surface area contributed by atoms with Crippen LogP contribution in [0.5, 0.6) is 0 Å². The van der Waals surface area contributed by atoms with Crippen LogP contribution in [-0.2, 0) is 0 Å². The maximum absolute atomic E-state index is 14.3. The lowest BCUT2D eigenvalue weighted by Crippen LogP contribution is -2.13. The molecular weight excluding hydrogens is 389 g/mol. The molecule has 4 rings (SSSR count). The molecule has 0 saturated heterocycles. The van der Waals surface area contributed by atoms with Crippen LogP contribution in [0.2, 0.25) is 5.02 Å². The Morgan fingerprint density at radius 1 is 1.22 bits per heavy atom. The molecule has 0 radical (unpaired) electrons. The van der Waals surface area contributed by atoms with Gasteiger partial charge in [0.15, 0.2) is 5.13 Å². The van der Waals surface area contributed by atoms with Crippen molar-refractivity contribution < 1.29 is 13.7 Å². The topological polar surface area (TPSA) is 68.0 Å². The van der Waals surface area contributed by atoms with E-state index in [0.29, 0.717) is 5.13 Å². The molecule has 0 aliphatic carbocycles. The van der Waals surface area contributed by atoms with Crippen LogP contribution in [0.1, 0.15) is 21.7 Å². The summed E-state index contributed by atoms with van der Waals surface area (Å²) in [5.41, 5.74) is 2.06. The second-order valence-corrected chi connectivity index (χ2v) is 7.39. The Kier molecular flexibility index (Phi) is 4.41. The van der Waals surface area contributed by atoms with Gasteiger partial charge >= 0.3 is 0 Å². The van der Waals surface area contributed by atoms with E-state index in [-0.39, 0.29) is 27.6 Å². The van der Waals surface area contributed by atoms with E-state index in [4.69, 9.17) is 16.1 Å². The molecule has 0 fully saturated rings. The highest BCUT2D eigenvalue weighted by atomic mass is 35.5. The molecule has 1 amide bonds. The molecule has 2 heterocycles. The fourth-order valence-corrected chi connectivity index (χ4v) is 4.02. The summed E-state index contributed by atoms with van der Waals surface area (Å²) in [6.07, 6.45) is 0. The molecule has 0 unspecified atom stereocenters. The van der Waals surface area contributed by atoms with Crippen molar-refractivity contribution in [2.24, 2.45) is 0 Å². The van der Waals surface area contributed by atoms with Crippen LogP contribution in [-0.4, -0.2) is 16.0 Å². The summed E-state index contributed by atoms with van der Waals surface area (Å²) in [6.45, 7) is 3.54. The molecule has 27 heavy (non-hydrogen) atoms. The van der Waals surface area contributed by atoms with Gasteiger partial charge in [-0.1, -0.05) is 46.3 Å². The average molecular weight is 402 g/mol. The number of nitrogens with zero attached hydrogens (tertiary/aromatic N) is 2. The quantitative estimate of drug-likeness (QED) is 0.484. The van der Waals surface area contributed by atoms with E-state index in [2.05, 4.69) is 15.5 Å². The summed E-state index contributed by atoms with van der Waals surface area (Å²) in [4.78, 5) is 17.3. The Morgan fingerprint density at radius 2 is 2.00 bits per heavy atom. The first-order valence-electron chi connectivity index (χ1n) is 8.04. The van der Waals surface area contributed by atoms with Crippen molar-refractivity contribution in [1.82, 2.24) is 10.1 Å². The maximum atomic E-state index is 14.3. The lowest BCUT2D eigenvalue weighted by molar-refractivity contribution is 0.102. The minimum absolute atomic E-state index is 0.0290. The fourth-order valence-electron chi connectivity index (χ4n) is 2.83. The van der Waals surface area contributed by atoms with Crippen molar-refractivity contribution in [2.75, 3.05) is 5.32 Å². The highest BCUT2D eigenvalue weighted by molar-refractivity contribution is 7.22. The zero-order valence-corrected chi connectivity index (χ0v) is 15.9. The molecular formula is C19H13ClFN3O2S. The van der Waals surface area contributed by atoms with Gasteiger partial charge in [0.05, 0.1) is 20.8 Å². The smallest absolute Gasteiger partial charge is 0.263 e. The third kappa shape index (κ3) is 3.09. The normalized spacial score (nSPS) is 11.1. The van der Waals surface area contributed by atoms with E-state index in [1.165, 1.54) is 29.5 Å². The van der Waals surface area contributed by atoms with Crippen LogP contribution in [0, 0.1) is 19.7 Å². The van der Waals surface area contributed by atoms with Gasteiger partial charge in [-0.3, -0.25) is 10.1 Å². The number of rotatable bonds is 3. The average Bonchev–Trinajstić information content (AvgIpc) is 3.19. The number of fused-ring (bicyclic) bond motifs is 1. The van der Waals surface area contributed by atoms with E-state index in [9.17, 15) is 9.18 Å². The molecule has 1 N–H and O–H groups in total. The molecule has 0 aliphatic heterocycles. The molecule has 0 bridgehead atoms. The summed E-state index contributed by atoms with van der Waals surface area (Å²) in [5.74, 6) is -0.806. The monoisotopic (exact) mass is 401 g/mol. The number of carbonyl (C=O) groups excluding carboxylic acids is 1. The zero-order valence-electron chi connectivity index (χ0n) is 14.3. The van der Waals surface area contributed by atoms with Gasteiger partial charge in [-0.2, -0.15) is 0 Å². The van der Waals surface area contributed by atoms with Gasteiger partial charge in [-0.25, -0.2) is 9.37 Å². The molecule has 0 saturated carbocycles. The Balaban J connectivity index is 1.74. The molecule has 5 nitrogen and oxygen atoms in total. The molecule has 2 aromatic carbocycles. The number of hydrogen-bond donors (Lipinski definition) is 1. The van der Waals surface area contributed by atoms with E-state index in [1.807, 2.05) is 25.1 Å². The van der Waals surface area contributed by atoms with Crippen molar-refractivity contribution in [2.45, 2.75) is 13.8 Å². The summed E-state index contributed by atoms with van der Waals surface area (Å²) in [5, 5.41) is 7.19. The third-order valence-corrected chi connectivity index (χ3v) is 5.38. The van der Waals surface area contributed by atoms with Crippen molar-refractivity contribution >= 4 is 44.2 Å².